The molecule has 0 aliphatic carbocycles. The first kappa shape index (κ1) is 33.8. The van der Waals surface area contributed by atoms with E-state index in [4.69, 9.17) is 67.0 Å². The Hall–Kier alpha value is -5.40. The van der Waals surface area contributed by atoms with Gasteiger partial charge < -0.3 is 28.4 Å². The molecular weight excluding hydrogens is 540 g/mol. The maximum atomic E-state index is 6.00. The molecule has 0 bridgehead atoms. The molecule has 0 saturated carbocycles. The number of hydrogen-bond acceptors (Lipinski definition) is 6. The third-order valence-electron chi connectivity index (χ3n) is 6.63. The molecule has 3 unspecified atom stereocenters. The molecule has 0 aliphatic rings. The lowest BCUT2D eigenvalue weighted by Crippen LogP contribution is -2.14. The standard InChI is InChI=1S/C37H36O6/c1-10-20-38-32-18-16-30(34(40-22-12-3)36(32)42-24-14-5)28(8)26-27(7)29(9)31-17-19-33(39-21-11-2)37(43-25-15-6)35(31)41-23-13-4/h1-6,16-19,27-29H,20-26H2,7-9H3. The van der Waals surface area contributed by atoms with Gasteiger partial charge in [0.05, 0.1) is 0 Å². The van der Waals surface area contributed by atoms with Crippen molar-refractivity contribution >= 4 is 0 Å². The summed E-state index contributed by atoms with van der Waals surface area (Å²) in [5, 5.41) is 0. The van der Waals surface area contributed by atoms with Crippen LogP contribution < -0.4 is 28.4 Å². The minimum absolute atomic E-state index is 0.00411. The van der Waals surface area contributed by atoms with E-state index in [-0.39, 0.29) is 57.4 Å². The zero-order chi connectivity index (χ0) is 31.6. The Labute approximate surface area is 256 Å². The van der Waals surface area contributed by atoms with Crippen LogP contribution in [0.25, 0.3) is 0 Å². The highest BCUT2D eigenvalue weighted by atomic mass is 16.5. The van der Waals surface area contributed by atoms with Crippen LogP contribution in [0, 0.1) is 80.0 Å². The highest BCUT2D eigenvalue weighted by molar-refractivity contribution is 5.58. The van der Waals surface area contributed by atoms with E-state index in [1.165, 1.54) is 0 Å². The first-order valence-corrected chi connectivity index (χ1v) is 13.6. The van der Waals surface area contributed by atoms with Crippen molar-refractivity contribution in [2.45, 2.75) is 39.0 Å². The van der Waals surface area contributed by atoms with Gasteiger partial charge in [0, 0.05) is 11.1 Å². The Morgan fingerprint density at radius 3 is 1.26 bits per heavy atom. The maximum absolute atomic E-state index is 6.00. The van der Waals surface area contributed by atoms with Crippen molar-refractivity contribution in [3.8, 4) is 109 Å². The molecular formula is C37H36O6. The van der Waals surface area contributed by atoms with Crippen LogP contribution in [0.5, 0.6) is 34.5 Å². The Morgan fingerprint density at radius 1 is 0.488 bits per heavy atom. The smallest absolute Gasteiger partial charge is 0.204 e. The number of benzene rings is 2. The van der Waals surface area contributed by atoms with Gasteiger partial charge in [-0.15, -0.1) is 38.5 Å². The van der Waals surface area contributed by atoms with Gasteiger partial charge in [-0.3, -0.25) is 0 Å². The lowest BCUT2D eigenvalue weighted by molar-refractivity contribution is 0.279. The summed E-state index contributed by atoms with van der Waals surface area (Å²) in [4.78, 5) is 0. The minimum Gasteiger partial charge on any atom is -0.477 e. The zero-order valence-electron chi connectivity index (χ0n) is 24.9. The number of hydrogen-bond donors (Lipinski definition) is 0. The van der Waals surface area contributed by atoms with Crippen molar-refractivity contribution in [3.05, 3.63) is 35.4 Å². The summed E-state index contributed by atoms with van der Waals surface area (Å²) in [6.07, 6.45) is 33.5. The SMILES string of the molecule is C#CCOc1ccc(C(C)CC(C)C(C)c2ccc(OCC#C)c(OCC#C)c2OCC#C)c(OCC#C)c1OCC#C. The Bertz CT molecular complexity index is 1480. The molecule has 0 N–H and O–H groups in total. The average molecular weight is 577 g/mol. The molecule has 0 radical (unpaired) electrons. The Balaban J connectivity index is 2.50. The Morgan fingerprint density at radius 2 is 0.837 bits per heavy atom. The minimum atomic E-state index is -0.00411. The van der Waals surface area contributed by atoms with Crippen LogP contribution in [-0.2, 0) is 0 Å². The second-order valence-corrected chi connectivity index (χ2v) is 9.48. The maximum Gasteiger partial charge on any atom is 0.204 e. The fraction of sp³-hybridized carbons (Fsp3) is 0.351. The van der Waals surface area contributed by atoms with E-state index in [1.807, 2.05) is 12.1 Å². The summed E-state index contributed by atoms with van der Waals surface area (Å²) in [7, 11) is 0. The fourth-order valence-electron chi connectivity index (χ4n) is 4.55. The molecule has 0 heterocycles. The normalized spacial score (nSPS) is 11.8. The van der Waals surface area contributed by atoms with Crippen molar-refractivity contribution in [2.24, 2.45) is 5.92 Å². The highest BCUT2D eigenvalue weighted by Crippen LogP contribution is 2.48. The van der Waals surface area contributed by atoms with Gasteiger partial charge >= 0.3 is 0 Å². The molecule has 0 aromatic heterocycles. The van der Waals surface area contributed by atoms with Gasteiger partial charge in [-0.05, 0) is 36.3 Å². The molecule has 2 aromatic carbocycles. The zero-order valence-corrected chi connectivity index (χ0v) is 24.9. The van der Waals surface area contributed by atoms with E-state index in [0.717, 1.165) is 17.5 Å². The van der Waals surface area contributed by atoms with E-state index in [9.17, 15) is 0 Å². The predicted molar refractivity (Wildman–Crippen MR) is 169 cm³/mol. The summed E-state index contributed by atoms with van der Waals surface area (Å²) in [5.41, 5.74) is 1.77. The van der Waals surface area contributed by atoms with Crippen molar-refractivity contribution < 1.29 is 28.4 Å². The molecule has 2 aromatic rings. The third kappa shape index (κ3) is 9.31. The molecule has 220 valence electrons. The van der Waals surface area contributed by atoms with E-state index < -0.39 is 0 Å². The van der Waals surface area contributed by atoms with Gasteiger partial charge in [-0.2, -0.15) is 0 Å². The largest absolute Gasteiger partial charge is 0.477 e. The molecule has 0 saturated heterocycles. The summed E-state index contributed by atoms with van der Waals surface area (Å²) in [5.74, 6) is 17.5. The molecule has 6 nitrogen and oxygen atoms in total. The van der Waals surface area contributed by atoms with E-state index >= 15 is 0 Å². The van der Waals surface area contributed by atoms with Crippen molar-refractivity contribution in [2.75, 3.05) is 39.6 Å². The van der Waals surface area contributed by atoms with Crippen molar-refractivity contribution in [3.63, 3.8) is 0 Å². The summed E-state index contributed by atoms with van der Waals surface area (Å²) >= 11 is 0. The monoisotopic (exact) mass is 576 g/mol. The molecule has 0 amide bonds. The average Bonchev–Trinajstić information content (AvgIpc) is 3.02. The first-order chi connectivity index (χ1) is 20.9. The van der Waals surface area contributed by atoms with Gasteiger partial charge in [0.2, 0.25) is 11.5 Å². The molecule has 6 heteroatoms. The second-order valence-electron chi connectivity index (χ2n) is 9.48. The quantitative estimate of drug-likeness (QED) is 0.226. The van der Waals surface area contributed by atoms with Crippen LogP contribution in [0.15, 0.2) is 24.3 Å². The summed E-state index contributed by atoms with van der Waals surface area (Å²) < 4.78 is 35.1. The second kappa shape index (κ2) is 18.1. The third-order valence-corrected chi connectivity index (χ3v) is 6.63. The van der Waals surface area contributed by atoms with Gasteiger partial charge in [0.1, 0.15) is 39.6 Å². The molecule has 2 rings (SSSR count). The number of rotatable bonds is 17. The molecule has 43 heavy (non-hydrogen) atoms. The van der Waals surface area contributed by atoms with Gasteiger partial charge in [-0.25, -0.2) is 0 Å². The van der Waals surface area contributed by atoms with Gasteiger partial charge in [0.25, 0.3) is 0 Å². The molecule has 0 aliphatic heterocycles. The highest BCUT2D eigenvalue weighted by Gasteiger charge is 2.28. The van der Waals surface area contributed by atoms with E-state index in [0.29, 0.717) is 34.5 Å². The first-order valence-electron chi connectivity index (χ1n) is 13.6. The van der Waals surface area contributed by atoms with Crippen molar-refractivity contribution in [1.82, 2.24) is 0 Å². The van der Waals surface area contributed by atoms with Crippen LogP contribution in [-0.4, -0.2) is 39.6 Å². The van der Waals surface area contributed by atoms with Crippen LogP contribution in [0.4, 0.5) is 0 Å². The number of ether oxygens (including phenoxy) is 6. The van der Waals surface area contributed by atoms with Gasteiger partial charge in [-0.1, -0.05) is 68.4 Å². The predicted octanol–water partition coefficient (Wildman–Crippen LogP) is 5.69. The van der Waals surface area contributed by atoms with Crippen LogP contribution in [0.3, 0.4) is 0 Å². The fourth-order valence-corrected chi connectivity index (χ4v) is 4.55. The topological polar surface area (TPSA) is 55.4 Å². The van der Waals surface area contributed by atoms with Crippen LogP contribution >= 0.6 is 0 Å². The molecule has 0 spiro atoms. The van der Waals surface area contributed by atoms with Crippen LogP contribution in [0.2, 0.25) is 0 Å². The van der Waals surface area contributed by atoms with Gasteiger partial charge in [0.15, 0.2) is 23.0 Å². The number of terminal acetylenes is 6. The van der Waals surface area contributed by atoms with Crippen molar-refractivity contribution in [1.29, 1.82) is 0 Å². The Kier molecular flexibility index (Phi) is 14.2. The van der Waals surface area contributed by atoms with Crippen LogP contribution in [0.1, 0.15) is 50.2 Å². The van der Waals surface area contributed by atoms with E-state index in [1.54, 1.807) is 12.1 Å². The lowest BCUT2D eigenvalue weighted by Gasteiger charge is -2.28. The lowest BCUT2D eigenvalue weighted by atomic mass is 9.80. The molecule has 3 atom stereocenters. The van der Waals surface area contributed by atoms with E-state index in [2.05, 4.69) is 56.3 Å². The molecule has 0 fully saturated rings. The summed E-state index contributed by atoms with van der Waals surface area (Å²) in [6.45, 7) is 6.53. The summed E-state index contributed by atoms with van der Waals surface area (Å²) in [6, 6.07) is 7.44.